The van der Waals surface area contributed by atoms with Crippen molar-refractivity contribution < 1.29 is 24.9 Å². The minimum atomic E-state index is -1.54. The number of carbonyl (C=O) groups is 2. The minimum Gasteiger partial charge on any atom is -0.393 e. The van der Waals surface area contributed by atoms with E-state index in [4.69, 9.17) is 0 Å². The maximum Gasteiger partial charge on any atom is 0.190 e. The Labute approximate surface area is 154 Å². The van der Waals surface area contributed by atoms with Crippen LogP contribution in [-0.4, -0.2) is 45.2 Å². The number of carbonyl (C=O) groups excluding carboxylic acids is 2. The van der Waals surface area contributed by atoms with Crippen molar-refractivity contribution in [1.29, 1.82) is 0 Å². The first-order valence-corrected chi connectivity index (χ1v) is 9.96. The van der Waals surface area contributed by atoms with Gasteiger partial charge in [-0.1, -0.05) is 19.4 Å². The number of ketones is 2. The fourth-order valence-electron chi connectivity index (χ4n) is 7.28. The standard InChI is InChI=1S/C21H30O5/c1-19-7-5-13(23)9-12(19)3-4-14-15-6-8-21(26,17(25)11-22)20(15,2)10-16(24)18(14)19/h9,14-16,18,22,24,26H,3-8,10-11H2,1-2H3/t14-,15-,16?,18-,19-,20-,21-/m0/s1. The SMILES string of the molecule is C[C@]12CCC(=O)C=C1CC[C@@H]1[C@H]2C(O)C[C@@]2(C)[C@H]1CC[C@]2(O)C(=O)CO. The van der Waals surface area contributed by atoms with Crippen LogP contribution >= 0.6 is 0 Å². The molecule has 26 heavy (non-hydrogen) atoms. The lowest BCUT2D eigenvalue weighted by molar-refractivity contribution is -0.182. The zero-order valence-corrected chi connectivity index (χ0v) is 15.7. The molecule has 0 heterocycles. The van der Waals surface area contributed by atoms with Gasteiger partial charge < -0.3 is 15.3 Å². The van der Waals surface area contributed by atoms with Gasteiger partial charge in [-0.2, -0.15) is 0 Å². The van der Waals surface area contributed by atoms with Crippen LogP contribution in [0.15, 0.2) is 11.6 Å². The summed E-state index contributed by atoms with van der Waals surface area (Å²) in [4.78, 5) is 24.3. The van der Waals surface area contributed by atoms with Crippen molar-refractivity contribution in [3.8, 4) is 0 Å². The molecule has 0 bridgehead atoms. The Bertz CT molecular complexity index is 684. The predicted molar refractivity (Wildman–Crippen MR) is 95.1 cm³/mol. The Kier molecular flexibility index (Phi) is 4.04. The van der Waals surface area contributed by atoms with Gasteiger partial charge in [0.2, 0.25) is 0 Å². The summed E-state index contributed by atoms with van der Waals surface area (Å²) in [6.07, 6.45) is 5.74. The second-order valence-corrected chi connectivity index (χ2v) is 9.56. The highest BCUT2D eigenvalue weighted by atomic mass is 16.3. The molecule has 0 radical (unpaired) electrons. The number of rotatable bonds is 2. The third-order valence-electron chi connectivity index (χ3n) is 8.65. The zero-order valence-electron chi connectivity index (χ0n) is 15.7. The quantitative estimate of drug-likeness (QED) is 0.696. The van der Waals surface area contributed by atoms with Crippen molar-refractivity contribution in [2.24, 2.45) is 28.6 Å². The Morgan fingerprint density at radius 2 is 1.96 bits per heavy atom. The second kappa shape index (κ2) is 5.73. The molecule has 4 aliphatic carbocycles. The molecule has 5 nitrogen and oxygen atoms in total. The van der Waals surface area contributed by atoms with Crippen molar-refractivity contribution in [3.63, 3.8) is 0 Å². The molecular weight excluding hydrogens is 332 g/mol. The lowest BCUT2D eigenvalue weighted by atomic mass is 9.45. The molecule has 5 heteroatoms. The van der Waals surface area contributed by atoms with Crippen LogP contribution < -0.4 is 0 Å². The third kappa shape index (κ3) is 2.14. The Morgan fingerprint density at radius 1 is 1.23 bits per heavy atom. The molecule has 0 aliphatic heterocycles. The van der Waals surface area contributed by atoms with E-state index in [1.807, 2.05) is 6.92 Å². The van der Waals surface area contributed by atoms with Gasteiger partial charge in [0.15, 0.2) is 11.6 Å². The van der Waals surface area contributed by atoms with Gasteiger partial charge in [-0.25, -0.2) is 0 Å². The summed E-state index contributed by atoms with van der Waals surface area (Å²) >= 11 is 0. The summed E-state index contributed by atoms with van der Waals surface area (Å²) < 4.78 is 0. The van der Waals surface area contributed by atoms with Crippen molar-refractivity contribution in [2.45, 2.75) is 70.5 Å². The topological polar surface area (TPSA) is 94.8 Å². The molecule has 144 valence electrons. The van der Waals surface area contributed by atoms with Crippen molar-refractivity contribution >= 4 is 11.6 Å². The molecule has 7 atom stereocenters. The molecule has 0 aromatic rings. The Hall–Kier alpha value is -1.04. The highest BCUT2D eigenvalue weighted by Crippen LogP contribution is 2.67. The molecule has 1 unspecified atom stereocenters. The van der Waals surface area contributed by atoms with Gasteiger partial charge >= 0.3 is 0 Å². The summed E-state index contributed by atoms with van der Waals surface area (Å²) in [6, 6.07) is 0. The van der Waals surface area contributed by atoms with Crippen LogP contribution in [-0.2, 0) is 9.59 Å². The molecular formula is C21H30O5. The molecule has 0 aromatic heterocycles. The van der Waals surface area contributed by atoms with E-state index in [0.717, 1.165) is 25.7 Å². The monoisotopic (exact) mass is 362 g/mol. The first-order chi connectivity index (χ1) is 12.2. The van der Waals surface area contributed by atoms with Crippen molar-refractivity contribution in [2.75, 3.05) is 6.61 Å². The van der Waals surface area contributed by atoms with E-state index in [9.17, 15) is 24.9 Å². The molecule has 3 fully saturated rings. The van der Waals surface area contributed by atoms with Gasteiger partial charge in [-0.3, -0.25) is 9.59 Å². The third-order valence-corrected chi connectivity index (χ3v) is 8.65. The van der Waals surface area contributed by atoms with Gasteiger partial charge in [0, 0.05) is 11.8 Å². The summed E-state index contributed by atoms with van der Waals surface area (Å²) in [5.41, 5.74) is -1.23. The summed E-state index contributed by atoms with van der Waals surface area (Å²) in [6.45, 7) is 3.46. The number of hydrogen-bond acceptors (Lipinski definition) is 5. The highest BCUT2D eigenvalue weighted by molar-refractivity contribution is 5.91. The van der Waals surface area contributed by atoms with Crippen LogP contribution in [0.3, 0.4) is 0 Å². The van der Waals surface area contributed by atoms with Crippen LogP contribution in [0.4, 0.5) is 0 Å². The molecule has 0 spiro atoms. The molecule has 0 saturated heterocycles. The fourth-order valence-corrected chi connectivity index (χ4v) is 7.28. The molecule has 0 aromatic carbocycles. The highest BCUT2D eigenvalue weighted by Gasteiger charge is 2.68. The van der Waals surface area contributed by atoms with Gasteiger partial charge in [0.05, 0.1) is 6.10 Å². The van der Waals surface area contributed by atoms with Gasteiger partial charge in [0.25, 0.3) is 0 Å². The normalized spacial score (nSPS) is 50.5. The zero-order chi connectivity index (χ0) is 18.9. The van der Waals surface area contributed by atoms with Gasteiger partial charge in [-0.15, -0.1) is 0 Å². The number of hydrogen-bond donors (Lipinski definition) is 3. The summed E-state index contributed by atoms with van der Waals surface area (Å²) in [7, 11) is 0. The fraction of sp³-hybridized carbons (Fsp3) is 0.810. The number of fused-ring (bicyclic) bond motifs is 5. The van der Waals surface area contributed by atoms with E-state index in [2.05, 4.69) is 6.92 Å². The van der Waals surface area contributed by atoms with Crippen LogP contribution in [0.1, 0.15) is 58.8 Å². The van der Waals surface area contributed by atoms with Crippen LogP contribution in [0.2, 0.25) is 0 Å². The van der Waals surface area contributed by atoms with Crippen LogP contribution in [0, 0.1) is 28.6 Å². The number of allylic oxidation sites excluding steroid dienone is 1. The van der Waals surface area contributed by atoms with Gasteiger partial charge in [0.1, 0.15) is 12.2 Å². The second-order valence-electron chi connectivity index (χ2n) is 9.56. The van der Waals surface area contributed by atoms with E-state index < -0.39 is 29.5 Å². The van der Waals surface area contributed by atoms with Crippen LogP contribution in [0.5, 0.6) is 0 Å². The first kappa shape index (κ1) is 18.3. The summed E-state index contributed by atoms with van der Waals surface area (Å²) in [5, 5.41) is 31.7. The lowest BCUT2D eigenvalue weighted by Gasteiger charge is -2.60. The van der Waals surface area contributed by atoms with Crippen molar-refractivity contribution in [3.05, 3.63) is 11.6 Å². The van der Waals surface area contributed by atoms with E-state index in [-0.39, 0.29) is 29.0 Å². The Morgan fingerprint density at radius 3 is 2.65 bits per heavy atom. The smallest absolute Gasteiger partial charge is 0.190 e. The summed E-state index contributed by atoms with van der Waals surface area (Å²) in [5.74, 6) is 0.140. The van der Waals surface area contributed by atoms with Gasteiger partial charge in [-0.05, 0) is 67.8 Å². The predicted octanol–water partition coefficient (Wildman–Crippen LogP) is 1.78. The molecule has 3 N–H and O–H groups in total. The maximum absolute atomic E-state index is 12.4. The molecule has 4 rings (SSSR count). The average molecular weight is 362 g/mol. The van der Waals surface area contributed by atoms with E-state index in [1.54, 1.807) is 6.08 Å². The largest absolute Gasteiger partial charge is 0.393 e. The lowest BCUT2D eigenvalue weighted by Crippen LogP contribution is -2.62. The van der Waals surface area contributed by atoms with E-state index in [0.29, 0.717) is 19.3 Å². The number of aliphatic hydroxyl groups is 3. The minimum absolute atomic E-state index is 0.0697. The Balaban J connectivity index is 1.74. The first-order valence-electron chi connectivity index (χ1n) is 9.96. The van der Waals surface area contributed by atoms with Crippen LogP contribution in [0.25, 0.3) is 0 Å². The number of Topliss-reactive ketones (excluding diaryl/α,β-unsaturated/α-hetero) is 1. The number of aliphatic hydroxyl groups excluding tert-OH is 2. The maximum atomic E-state index is 12.4. The molecule has 0 amide bonds. The average Bonchev–Trinajstić information content (AvgIpc) is 2.86. The van der Waals surface area contributed by atoms with Crippen molar-refractivity contribution in [1.82, 2.24) is 0 Å². The van der Waals surface area contributed by atoms with E-state index in [1.165, 1.54) is 5.57 Å². The molecule has 3 saturated carbocycles. The molecule has 4 aliphatic rings. The van der Waals surface area contributed by atoms with E-state index >= 15 is 0 Å².